The maximum atomic E-state index is 12.2. The van der Waals surface area contributed by atoms with Crippen LogP contribution >= 0.6 is 11.3 Å². The van der Waals surface area contributed by atoms with Gasteiger partial charge in [0, 0.05) is 26.2 Å². The van der Waals surface area contributed by atoms with Gasteiger partial charge in [-0.15, -0.1) is 0 Å². The number of piperazine rings is 1. The summed E-state index contributed by atoms with van der Waals surface area (Å²) in [6, 6.07) is 9.55. The molecule has 1 aromatic carbocycles. The lowest BCUT2D eigenvalue weighted by Gasteiger charge is -2.33. The van der Waals surface area contributed by atoms with Gasteiger partial charge in [0.15, 0.2) is 5.13 Å². The third-order valence-corrected chi connectivity index (χ3v) is 5.20. The number of aryl methyl sites for hydroxylation is 1. The first-order valence-corrected chi connectivity index (χ1v) is 8.77. The zero-order valence-corrected chi connectivity index (χ0v) is 14.7. The number of carboxylic acids is 1. The van der Waals surface area contributed by atoms with Crippen LogP contribution in [0.5, 0.6) is 0 Å². The molecule has 132 valence electrons. The lowest BCUT2D eigenvalue weighted by Crippen LogP contribution is -2.48. The number of nitrogens with zero attached hydrogens (tertiary/aromatic N) is 3. The van der Waals surface area contributed by atoms with Crippen LogP contribution in [0.4, 0.5) is 9.93 Å². The molecule has 0 atom stereocenters. The second-order valence-electron chi connectivity index (χ2n) is 5.73. The number of carbonyl (C=O) groups is 2. The van der Waals surface area contributed by atoms with Crippen LogP contribution in [0.2, 0.25) is 0 Å². The first-order valence-electron chi connectivity index (χ1n) is 7.96. The van der Waals surface area contributed by atoms with Crippen molar-refractivity contribution in [1.29, 1.82) is 0 Å². The highest BCUT2D eigenvalue weighted by atomic mass is 32.1. The number of carboxylic acid groups (broad SMARTS) is 1. The minimum absolute atomic E-state index is 0.257. The summed E-state index contributed by atoms with van der Waals surface area (Å²) < 4.78 is 5.34. The number of benzene rings is 1. The van der Waals surface area contributed by atoms with Crippen LogP contribution in [0.25, 0.3) is 0 Å². The minimum Gasteiger partial charge on any atom is -0.477 e. The number of amides is 1. The van der Waals surface area contributed by atoms with E-state index < -0.39 is 5.97 Å². The molecule has 1 aliphatic heterocycles. The molecule has 1 N–H and O–H groups in total. The smallest absolute Gasteiger partial charge is 0.410 e. The Balaban J connectivity index is 1.52. The summed E-state index contributed by atoms with van der Waals surface area (Å²) in [4.78, 5) is 31.6. The van der Waals surface area contributed by atoms with Crippen molar-refractivity contribution in [3.8, 4) is 0 Å². The van der Waals surface area contributed by atoms with E-state index in [1.54, 1.807) is 11.8 Å². The van der Waals surface area contributed by atoms with Crippen LogP contribution in [0.1, 0.15) is 20.9 Å². The van der Waals surface area contributed by atoms with Gasteiger partial charge in [-0.05, 0) is 12.5 Å². The molecule has 0 bridgehead atoms. The quantitative estimate of drug-likeness (QED) is 0.901. The Morgan fingerprint density at radius 3 is 2.48 bits per heavy atom. The van der Waals surface area contributed by atoms with Gasteiger partial charge in [-0.3, -0.25) is 0 Å². The average molecular weight is 361 g/mol. The molecule has 25 heavy (non-hydrogen) atoms. The van der Waals surface area contributed by atoms with E-state index in [4.69, 9.17) is 9.84 Å². The molecule has 0 radical (unpaired) electrons. The highest BCUT2D eigenvalue weighted by Gasteiger charge is 2.25. The highest BCUT2D eigenvalue weighted by molar-refractivity contribution is 7.17. The van der Waals surface area contributed by atoms with Crippen molar-refractivity contribution < 1.29 is 19.4 Å². The molecular formula is C17H19N3O4S. The third kappa shape index (κ3) is 4.08. The summed E-state index contributed by atoms with van der Waals surface area (Å²) in [7, 11) is 0. The maximum absolute atomic E-state index is 12.2. The predicted molar refractivity (Wildman–Crippen MR) is 94.2 cm³/mol. The number of aromatic carboxylic acids is 1. The molecule has 3 rings (SSSR count). The zero-order chi connectivity index (χ0) is 17.8. The molecule has 8 heteroatoms. The number of anilines is 1. The van der Waals surface area contributed by atoms with Crippen molar-refractivity contribution in [1.82, 2.24) is 9.88 Å². The number of thiazole rings is 1. The van der Waals surface area contributed by atoms with Gasteiger partial charge in [0.05, 0.1) is 5.69 Å². The van der Waals surface area contributed by atoms with Crippen LogP contribution in [0.3, 0.4) is 0 Å². The Morgan fingerprint density at radius 1 is 1.20 bits per heavy atom. The number of carbonyl (C=O) groups excluding carboxylic acids is 1. The molecule has 2 heterocycles. The summed E-state index contributed by atoms with van der Waals surface area (Å²) in [5.41, 5.74) is 1.48. The Hall–Kier alpha value is -2.61. The first-order chi connectivity index (χ1) is 12.0. The summed E-state index contributed by atoms with van der Waals surface area (Å²) in [5.74, 6) is -0.954. The number of rotatable bonds is 4. The predicted octanol–water partition coefficient (Wildman–Crippen LogP) is 2.61. The Kier molecular flexibility index (Phi) is 5.18. The van der Waals surface area contributed by atoms with Gasteiger partial charge >= 0.3 is 12.1 Å². The van der Waals surface area contributed by atoms with Crippen LogP contribution in [-0.4, -0.2) is 53.2 Å². The van der Waals surface area contributed by atoms with Gasteiger partial charge in [-0.1, -0.05) is 41.7 Å². The second-order valence-corrected chi connectivity index (χ2v) is 6.71. The van der Waals surface area contributed by atoms with Crippen molar-refractivity contribution in [2.45, 2.75) is 13.5 Å². The zero-order valence-electron chi connectivity index (χ0n) is 13.8. The lowest BCUT2D eigenvalue weighted by molar-refractivity contribution is 0.0701. The van der Waals surface area contributed by atoms with E-state index in [0.717, 1.165) is 5.56 Å². The van der Waals surface area contributed by atoms with Gasteiger partial charge in [-0.25, -0.2) is 14.6 Å². The van der Waals surface area contributed by atoms with E-state index >= 15 is 0 Å². The van der Waals surface area contributed by atoms with E-state index in [2.05, 4.69) is 4.98 Å². The monoisotopic (exact) mass is 361 g/mol. The van der Waals surface area contributed by atoms with Crippen LogP contribution in [0, 0.1) is 6.92 Å². The fourth-order valence-corrected chi connectivity index (χ4v) is 3.56. The first kappa shape index (κ1) is 17.2. The molecule has 1 aromatic heterocycles. The van der Waals surface area contributed by atoms with Crippen LogP contribution in [0.15, 0.2) is 30.3 Å². The molecule has 0 saturated carbocycles. The van der Waals surface area contributed by atoms with E-state index in [1.165, 1.54) is 11.3 Å². The van der Waals surface area contributed by atoms with E-state index in [9.17, 15) is 9.59 Å². The normalized spacial score (nSPS) is 14.4. The fourth-order valence-electron chi connectivity index (χ4n) is 2.61. The lowest BCUT2D eigenvalue weighted by atomic mass is 10.2. The molecule has 1 amide bonds. The fraction of sp³-hybridized carbons (Fsp3) is 0.353. The Bertz CT molecular complexity index is 755. The molecule has 1 saturated heterocycles. The number of ether oxygens (including phenoxy) is 1. The summed E-state index contributed by atoms with van der Waals surface area (Å²) in [5, 5.41) is 9.81. The largest absolute Gasteiger partial charge is 0.477 e. The maximum Gasteiger partial charge on any atom is 0.410 e. The second kappa shape index (κ2) is 7.52. The van der Waals surface area contributed by atoms with E-state index in [-0.39, 0.29) is 17.6 Å². The van der Waals surface area contributed by atoms with Gasteiger partial charge < -0.3 is 19.6 Å². The Morgan fingerprint density at radius 2 is 1.88 bits per heavy atom. The molecule has 0 aliphatic carbocycles. The van der Waals surface area contributed by atoms with Crippen LogP contribution in [-0.2, 0) is 11.3 Å². The minimum atomic E-state index is -0.954. The number of hydrogen-bond acceptors (Lipinski definition) is 6. The highest BCUT2D eigenvalue weighted by Crippen LogP contribution is 2.27. The summed E-state index contributed by atoms with van der Waals surface area (Å²) in [6.45, 7) is 4.20. The van der Waals surface area contributed by atoms with Gasteiger partial charge in [-0.2, -0.15) is 0 Å². The van der Waals surface area contributed by atoms with Gasteiger partial charge in [0.1, 0.15) is 11.5 Å². The summed E-state index contributed by atoms with van der Waals surface area (Å²) in [6.07, 6.45) is -0.329. The molecule has 0 spiro atoms. The van der Waals surface area contributed by atoms with Crippen molar-refractivity contribution in [3.63, 3.8) is 0 Å². The van der Waals surface area contributed by atoms with Gasteiger partial charge in [0.2, 0.25) is 0 Å². The van der Waals surface area contributed by atoms with Crippen molar-refractivity contribution in [2.75, 3.05) is 31.1 Å². The van der Waals surface area contributed by atoms with E-state index in [0.29, 0.717) is 37.0 Å². The third-order valence-electron chi connectivity index (χ3n) is 3.99. The number of hydrogen-bond donors (Lipinski definition) is 1. The molecular weight excluding hydrogens is 342 g/mol. The van der Waals surface area contributed by atoms with Crippen molar-refractivity contribution >= 4 is 28.5 Å². The van der Waals surface area contributed by atoms with E-state index in [1.807, 2.05) is 35.2 Å². The number of aromatic nitrogens is 1. The topological polar surface area (TPSA) is 83.0 Å². The SMILES string of the molecule is Cc1nc(N2CCN(C(=O)OCc3ccccc3)CC2)sc1C(=O)O. The molecule has 1 fully saturated rings. The standard InChI is InChI=1S/C17H19N3O4S/c1-12-14(15(21)22)25-16(18-12)19-7-9-20(10-8-19)17(23)24-11-13-5-3-2-4-6-13/h2-6H,7-11H2,1H3,(H,21,22). The molecule has 0 unspecified atom stereocenters. The van der Waals surface area contributed by atoms with Crippen molar-refractivity contribution in [2.24, 2.45) is 0 Å². The Labute approximate surface area is 149 Å². The average Bonchev–Trinajstić information content (AvgIpc) is 3.03. The van der Waals surface area contributed by atoms with Crippen molar-refractivity contribution in [3.05, 3.63) is 46.5 Å². The molecule has 2 aromatic rings. The molecule has 7 nitrogen and oxygen atoms in total. The summed E-state index contributed by atoms with van der Waals surface area (Å²) >= 11 is 1.17. The molecule has 1 aliphatic rings. The van der Waals surface area contributed by atoms with Crippen LogP contribution < -0.4 is 4.90 Å². The van der Waals surface area contributed by atoms with Gasteiger partial charge in [0.25, 0.3) is 0 Å².